The van der Waals surface area contributed by atoms with Crippen molar-refractivity contribution < 1.29 is 4.79 Å². The molecule has 0 aliphatic carbocycles. The number of anilines is 1. The minimum absolute atomic E-state index is 0.110. The Bertz CT molecular complexity index is 606. The number of para-hydroxylation sites is 1. The van der Waals surface area contributed by atoms with Gasteiger partial charge in [0, 0.05) is 17.8 Å². The zero-order valence-electron chi connectivity index (χ0n) is 9.93. The molecule has 2 aromatic carbocycles. The summed E-state index contributed by atoms with van der Waals surface area (Å²) in [6.45, 7) is 0. The zero-order chi connectivity index (χ0) is 12.7. The van der Waals surface area contributed by atoms with Crippen molar-refractivity contribution in [3.8, 4) is 0 Å². The van der Waals surface area contributed by atoms with Crippen LogP contribution >= 0.6 is 11.6 Å². The van der Waals surface area contributed by atoms with E-state index in [1.165, 1.54) is 0 Å². The van der Waals surface area contributed by atoms with Gasteiger partial charge in [0.05, 0.1) is 5.92 Å². The highest BCUT2D eigenvalue weighted by Crippen LogP contribution is 2.40. The number of benzene rings is 2. The van der Waals surface area contributed by atoms with Crippen LogP contribution in [0.3, 0.4) is 0 Å². The first-order chi connectivity index (χ1) is 8.68. The molecule has 2 nitrogen and oxygen atoms in total. The first kappa shape index (κ1) is 11.3. The predicted octanol–water partition coefficient (Wildman–Crippen LogP) is 3.45. The van der Waals surface area contributed by atoms with E-state index < -0.39 is 0 Å². The SMILES string of the molecule is CN1C(=O)[C@H](c2ccc(Cl)cc2)c2ccccc21. The fraction of sp³-hybridized carbons (Fsp3) is 0.133. The van der Waals surface area contributed by atoms with Crippen LogP contribution in [0.25, 0.3) is 0 Å². The molecule has 1 atom stereocenters. The Labute approximate surface area is 111 Å². The molecule has 0 N–H and O–H groups in total. The van der Waals surface area contributed by atoms with Crippen molar-refractivity contribution in [3.63, 3.8) is 0 Å². The number of hydrogen-bond donors (Lipinski definition) is 0. The van der Waals surface area contributed by atoms with Crippen LogP contribution in [0.2, 0.25) is 5.02 Å². The van der Waals surface area contributed by atoms with Gasteiger partial charge in [0.25, 0.3) is 0 Å². The summed E-state index contributed by atoms with van der Waals surface area (Å²) in [5, 5.41) is 0.686. The Morgan fingerprint density at radius 2 is 1.72 bits per heavy atom. The molecular formula is C15H12ClNO. The van der Waals surface area contributed by atoms with Gasteiger partial charge in [-0.15, -0.1) is 0 Å². The molecule has 3 rings (SSSR count). The average Bonchev–Trinajstić information content (AvgIpc) is 2.64. The molecule has 3 heteroatoms. The minimum atomic E-state index is -0.205. The van der Waals surface area contributed by atoms with Gasteiger partial charge in [-0.2, -0.15) is 0 Å². The Hall–Kier alpha value is -1.80. The fourth-order valence-electron chi connectivity index (χ4n) is 2.46. The van der Waals surface area contributed by atoms with E-state index in [0.29, 0.717) is 5.02 Å². The lowest BCUT2D eigenvalue weighted by atomic mass is 9.93. The molecule has 0 saturated carbocycles. The molecule has 0 unspecified atom stereocenters. The topological polar surface area (TPSA) is 20.3 Å². The van der Waals surface area contributed by atoms with Gasteiger partial charge in [-0.3, -0.25) is 4.79 Å². The van der Waals surface area contributed by atoms with E-state index in [4.69, 9.17) is 11.6 Å². The van der Waals surface area contributed by atoms with Crippen LogP contribution in [0.15, 0.2) is 48.5 Å². The highest BCUT2D eigenvalue weighted by molar-refractivity contribution is 6.30. The van der Waals surface area contributed by atoms with E-state index in [9.17, 15) is 4.79 Å². The normalized spacial score (nSPS) is 18.0. The van der Waals surface area contributed by atoms with Crippen LogP contribution in [0.4, 0.5) is 5.69 Å². The average molecular weight is 258 g/mol. The van der Waals surface area contributed by atoms with E-state index >= 15 is 0 Å². The van der Waals surface area contributed by atoms with Crippen molar-refractivity contribution in [2.24, 2.45) is 0 Å². The Morgan fingerprint density at radius 1 is 1.06 bits per heavy atom. The number of hydrogen-bond acceptors (Lipinski definition) is 1. The van der Waals surface area contributed by atoms with Gasteiger partial charge in [-0.05, 0) is 29.3 Å². The van der Waals surface area contributed by atoms with Gasteiger partial charge >= 0.3 is 0 Å². The standard InChI is InChI=1S/C15H12ClNO/c1-17-13-5-3-2-4-12(13)14(15(17)18)10-6-8-11(16)9-7-10/h2-9,14H,1H3/t14-/m1/s1. The monoisotopic (exact) mass is 257 g/mol. The van der Waals surface area contributed by atoms with Crippen molar-refractivity contribution in [1.29, 1.82) is 0 Å². The number of likely N-dealkylation sites (N-methyl/N-ethyl adjacent to an activating group) is 1. The van der Waals surface area contributed by atoms with Gasteiger partial charge in [0.15, 0.2) is 0 Å². The van der Waals surface area contributed by atoms with Crippen molar-refractivity contribution >= 4 is 23.2 Å². The molecular weight excluding hydrogens is 246 g/mol. The predicted molar refractivity (Wildman–Crippen MR) is 73.1 cm³/mol. The summed E-state index contributed by atoms with van der Waals surface area (Å²) < 4.78 is 0. The lowest BCUT2D eigenvalue weighted by molar-refractivity contribution is -0.118. The van der Waals surface area contributed by atoms with Gasteiger partial charge in [0.1, 0.15) is 0 Å². The first-order valence-corrected chi connectivity index (χ1v) is 6.18. The fourth-order valence-corrected chi connectivity index (χ4v) is 2.59. The molecule has 0 radical (unpaired) electrons. The van der Waals surface area contributed by atoms with Crippen LogP contribution in [-0.2, 0) is 4.79 Å². The summed E-state index contributed by atoms with van der Waals surface area (Å²) in [7, 11) is 1.82. The molecule has 2 aromatic rings. The molecule has 1 heterocycles. The number of rotatable bonds is 1. The third-order valence-corrected chi connectivity index (χ3v) is 3.64. The zero-order valence-corrected chi connectivity index (χ0v) is 10.7. The molecule has 0 aromatic heterocycles. The molecule has 18 heavy (non-hydrogen) atoms. The van der Waals surface area contributed by atoms with Crippen molar-refractivity contribution in [2.45, 2.75) is 5.92 Å². The van der Waals surface area contributed by atoms with E-state index in [1.807, 2.05) is 55.6 Å². The quantitative estimate of drug-likeness (QED) is 0.766. The summed E-state index contributed by atoms with van der Waals surface area (Å²) in [6, 6.07) is 15.4. The second-order valence-corrected chi connectivity index (χ2v) is 4.88. The Kier molecular flexibility index (Phi) is 2.60. The minimum Gasteiger partial charge on any atom is -0.314 e. The number of halogens is 1. The summed E-state index contributed by atoms with van der Waals surface area (Å²) in [6.07, 6.45) is 0. The summed E-state index contributed by atoms with van der Waals surface area (Å²) in [5.74, 6) is -0.0954. The molecule has 0 bridgehead atoms. The number of nitrogens with zero attached hydrogens (tertiary/aromatic N) is 1. The van der Waals surface area contributed by atoms with E-state index in [1.54, 1.807) is 4.90 Å². The van der Waals surface area contributed by atoms with Crippen LogP contribution in [0, 0.1) is 0 Å². The molecule has 0 spiro atoms. The second-order valence-electron chi connectivity index (χ2n) is 4.44. The molecule has 1 aliphatic heterocycles. The highest BCUT2D eigenvalue weighted by Gasteiger charge is 2.35. The largest absolute Gasteiger partial charge is 0.314 e. The number of carbonyl (C=O) groups is 1. The third-order valence-electron chi connectivity index (χ3n) is 3.39. The summed E-state index contributed by atoms with van der Waals surface area (Å²) in [5.41, 5.74) is 3.04. The highest BCUT2D eigenvalue weighted by atomic mass is 35.5. The van der Waals surface area contributed by atoms with Gasteiger partial charge in [-0.1, -0.05) is 41.9 Å². The van der Waals surface area contributed by atoms with Gasteiger partial charge in [-0.25, -0.2) is 0 Å². The van der Waals surface area contributed by atoms with Crippen LogP contribution < -0.4 is 4.90 Å². The van der Waals surface area contributed by atoms with E-state index in [0.717, 1.165) is 16.8 Å². The Balaban J connectivity index is 2.13. The number of fused-ring (bicyclic) bond motifs is 1. The maximum atomic E-state index is 12.3. The van der Waals surface area contributed by atoms with Crippen molar-refractivity contribution in [2.75, 3.05) is 11.9 Å². The maximum absolute atomic E-state index is 12.3. The van der Waals surface area contributed by atoms with Crippen LogP contribution in [-0.4, -0.2) is 13.0 Å². The van der Waals surface area contributed by atoms with Crippen molar-refractivity contribution in [3.05, 3.63) is 64.7 Å². The second kappa shape index (κ2) is 4.14. The molecule has 1 amide bonds. The van der Waals surface area contributed by atoms with Crippen LogP contribution in [0.5, 0.6) is 0 Å². The Morgan fingerprint density at radius 3 is 2.44 bits per heavy atom. The number of amides is 1. The molecule has 0 fully saturated rings. The van der Waals surface area contributed by atoms with Gasteiger partial charge in [0.2, 0.25) is 5.91 Å². The lowest BCUT2D eigenvalue weighted by Gasteiger charge is -2.11. The maximum Gasteiger partial charge on any atom is 0.238 e. The summed E-state index contributed by atoms with van der Waals surface area (Å²) in [4.78, 5) is 14.1. The van der Waals surface area contributed by atoms with Crippen molar-refractivity contribution in [1.82, 2.24) is 0 Å². The molecule has 0 saturated heterocycles. The first-order valence-electron chi connectivity index (χ1n) is 5.80. The number of carbonyl (C=O) groups excluding carboxylic acids is 1. The summed E-state index contributed by atoms with van der Waals surface area (Å²) >= 11 is 5.89. The third kappa shape index (κ3) is 1.61. The van der Waals surface area contributed by atoms with E-state index in [-0.39, 0.29) is 11.8 Å². The lowest BCUT2D eigenvalue weighted by Crippen LogP contribution is -2.24. The van der Waals surface area contributed by atoms with E-state index in [2.05, 4.69) is 0 Å². The van der Waals surface area contributed by atoms with Gasteiger partial charge < -0.3 is 4.90 Å². The smallest absolute Gasteiger partial charge is 0.238 e. The molecule has 90 valence electrons. The van der Waals surface area contributed by atoms with Crippen LogP contribution in [0.1, 0.15) is 17.0 Å². The molecule has 1 aliphatic rings.